The van der Waals surface area contributed by atoms with Gasteiger partial charge in [-0.2, -0.15) is 0 Å². The van der Waals surface area contributed by atoms with Gasteiger partial charge >= 0.3 is 0 Å². The molecule has 17 heavy (non-hydrogen) atoms. The quantitative estimate of drug-likeness (QED) is 0.820. The lowest BCUT2D eigenvalue weighted by Crippen LogP contribution is -2.35. The summed E-state index contributed by atoms with van der Waals surface area (Å²) in [4.78, 5) is 12.1. The van der Waals surface area contributed by atoms with Crippen molar-refractivity contribution in [1.29, 1.82) is 0 Å². The summed E-state index contributed by atoms with van der Waals surface area (Å²) >= 11 is 3.38. The van der Waals surface area contributed by atoms with Gasteiger partial charge in [0, 0.05) is 11.4 Å². The van der Waals surface area contributed by atoms with Crippen LogP contribution in [0.25, 0.3) is 0 Å². The summed E-state index contributed by atoms with van der Waals surface area (Å²) in [5.41, 5.74) is 0.591. The molecule has 0 heterocycles. The van der Waals surface area contributed by atoms with E-state index in [-0.39, 0.29) is 11.9 Å². The molecule has 0 saturated heterocycles. The largest absolute Gasteiger partial charge is 0.493 e. The van der Waals surface area contributed by atoms with Crippen molar-refractivity contribution in [3.8, 4) is 5.75 Å². The van der Waals surface area contributed by atoms with E-state index in [9.17, 15) is 4.79 Å². The molecular formula is C13H18BrNO2. The number of hydrogen-bond donors (Lipinski definition) is 1. The minimum absolute atomic E-state index is 0.0830. The molecule has 0 saturated carbocycles. The van der Waals surface area contributed by atoms with Crippen LogP contribution in [-0.4, -0.2) is 23.9 Å². The molecule has 0 aromatic heterocycles. The Labute approximate surface area is 111 Å². The topological polar surface area (TPSA) is 38.3 Å². The van der Waals surface area contributed by atoms with E-state index in [1.165, 1.54) is 0 Å². The van der Waals surface area contributed by atoms with Gasteiger partial charge in [0.05, 0.1) is 12.2 Å². The van der Waals surface area contributed by atoms with Crippen molar-refractivity contribution in [3.63, 3.8) is 0 Å². The smallest absolute Gasteiger partial charge is 0.255 e. The zero-order chi connectivity index (χ0) is 12.7. The van der Waals surface area contributed by atoms with Gasteiger partial charge in [0.25, 0.3) is 5.91 Å². The van der Waals surface area contributed by atoms with Gasteiger partial charge in [0.2, 0.25) is 0 Å². The van der Waals surface area contributed by atoms with Gasteiger partial charge in [-0.15, -0.1) is 0 Å². The van der Waals surface area contributed by atoms with Crippen molar-refractivity contribution in [2.45, 2.75) is 26.3 Å². The average Bonchev–Trinajstić information content (AvgIpc) is 2.36. The van der Waals surface area contributed by atoms with E-state index in [0.717, 1.165) is 11.8 Å². The maximum Gasteiger partial charge on any atom is 0.255 e. The highest BCUT2D eigenvalue weighted by Crippen LogP contribution is 2.18. The van der Waals surface area contributed by atoms with Crippen molar-refractivity contribution in [3.05, 3.63) is 29.8 Å². The molecule has 0 fully saturated rings. The lowest BCUT2D eigenvalue weighted by atomic mass is 10.1. The molecule has 0 radical (unpaired) electrons. The second-order valence-corrected chi connectivity index (χ2v) is 4.31. The number of carbonyl (C=O) groups excluding carboxylic acids is 1. The highest BCUT2D eigenvalue weighted by atomic mass is 79.9. The summed E-state index contributed by atoms with van der Waals surface area (Å²) in [6.07, 6.45) is 0.897. The summed E-state index contributed by atoms with van der Waals surface area (Å²) in [5.74, 6) is 0.553. The molecule has 0 bridgehead atoms. The van der Waals surface area contributed by atoms with Gasteiger partial charge in [-0.1, -0.05) is 35.0 Å². The van der Waals surface area contributed by atoms with Crippen LogP contribution < -0.4 is 10.1 Å². The number of halogens is 1. The summed E-state index contributed by atoms with van der Waals surface area (Å²) in [7, 11) is 0. The Hall–Kier alpha value is -1.03. The van der Waals surface area contributed by atoms with E-state index >= 15 is 0 Å². The molecule has 1 aromatic rings. The number of benzene rings is 1. The van der Waals surface area contributed by atoms with E-state index in [2.05, 4.69) is 21.2 Å². The van der Waals surface area contributed by atoms with Gasteiger partial charge < -0.3 is 10.1 Å². The molecule has 3 nitrogen and oxygen atoms in total. The fraction of sp³-hybridized carbons (Fsp3) is 0.462. The zero-order valence-electron chi connectivity index (χ0n) is 10.2. The molecule has 0 spiro atoms. The summed E-state index contributed by atoms with van der Waals surface area (Å²) < 4.78 is 5.43. The average molecular weight is 300 g/mol. The standard InChI is InChI=1S/C13H18BrNO2/c1-3-10(9-14)15-13(16)11-7-5-6-8-12(11)17-4-2/h5-8,10H,3-4,9H2,1-2H3,(H,15,16). The first kappa shape index (κ1) is 14.0. The van der Waals surface area contributed by atoms with Crippen LogP contribution in [0.4, 0.5) is 0 Å². The minimum atomic E-state index is -0.0830. The second-order valence-electron chi connectivity index (χ2n) is 3.66. The normalized spacial score (nSPS) is 11.9. The molecule has 0 aliphatic heterocycles. The number of carbonyl (C=O) groups is 1. The van der Waals surface area contributed by atoms with Crippen molar-refractivity contribution >= 4 is 21.8 Å². The SMILES string of the molecule is CCOc1ccccc1C(=O)NC(CC)CBr. The lowest BCUT2D eigenvalue weighted by Gasteiger charge is -2.15. The Morgan fingerprint density at radius 3 is 2.71 bits per heavy atom. The Morgan fingerprint density at radius 2 is 2.12 bits per heavy atom. The van der Waals surface area contributed by atoms with Crippen LogP contribution >= 0.6 is 15.9 Å². The van der Waals surface area contributed by atoms with Crippen LogP contribution in [-0.2, 0) is 0 Å². The van der Waals surface area contributed by atoms with E-state index in [1.807, 2.05) is 32.0 Å². The van der Waals surface area contributed by atoms with E-state index < -0.39 is 0 Å². The van der Waals surface area contributed by atoms with E-state index in [1.54, 1.807) is 6.07 Å². The van der Waals surface area contributed by atoms with Crippen LogP contribution in [0.3, 0.4) is 0 Å². The first-order valence-electron chi connectivity index (χ1n) is 5.81. The molecule has 94 valence electrons. The first-order chi connectivity index (χ1) is 8.22. The molecule has 1 aromatic carbocycles. The number of alkyl halides is 1. The number of hydrogen-bond acceptors (Lipinski definition) is 2. The predicted molar refractivity (Wildman–Crippen MR) is 73.0 cm³/mol. The Balaban J connectivity index is 2.80. The number of rotatable bonds is 6. The van der Waals surface area contributed by atoms with Crippen molar-refractivity contribution < 1.29 is 9.53 Å². The van der Waals surface area contributed by atoms with E-state index in [4.69, 9.17) is 4.74 Å². The molecule has 1 atom stereocenters. The summed E-state index contributed by atoms with van der Waals surface area (Å²) in [6, 6.07) is 7.45. The third-order valence-corrected chi connectivity index (χ3v) is 3.23. The monoisotopic (exact) mass is 299 g/mol. The second kappa shape index (κ2) is 7.33. The van der Waals surface area contributed by atoms with Crippen molar-refractivity contribution in [1.82, 2.24) is 5.32 Å². The molecule has 4 heteroatoms. The number of para-hydroxylation sites is 1. The maximum absolute atomic E-state index is 12.1. The van der Waals surface area contributed by atoms with Crippen LogP contribution in [0.2, 0.25) is 0 Å². The molecule has 1 amide bonds. The summed E-state index contributed by atoms with van der Waals surface area (Å²) in [6.45, 7) is 4.50. The van der Waals surface area contributed by atoms with E-state index in [0.29, 0.717) is 17.9 Å². The fourth-order valence-corrected chi connectivity index (χ4v) is 2.07. The molecule has 0 aliphatic carbocycles. The predicted octanol–water partition coefficient (Wildman–Crippen LogP) is 2.99. The van der Waals surface area contributed by atoms with Gasteiger partial charge in [0.1, 0.15) is 5.75 Å². The fourth-order valence-electron chi connectivity index (χ4n) is 1.45. The lowest BCUT2D eigenvalue weighted by molar-refractivity contribution is 0.0936. The molecule has 1 unspecified atom stereocenters. The van der Waals surface area contributed by atoms with Crippen LogP contribution in [0.5, 0.6) is 5.75 Å². The molecule has 0 aliphatic rings. The Morgan fingerprint density at radius 1 is 1.41 bits per heavy atom. The number of amides is 1. The number of nitrogens with one attached hydrogen (secondary N) is 1. The first-order valence-corrected chi connectivity index (χ1v) is 6.93. The van der Waals surface area contributed by atoms with Crippen LogP contribution in [0.1, 0.15) is 30.6 Å². The van der Waals surface area contributed by atoms with Crippen molar-refractivity contribution in [2.24, 2.45) is 0 Å². The van der Waals surface area contributed by atoms with Gasteiger partial charge in [-0.05, 0) is 25.5 Å². The molecule has 1 rings (SSSR count). The van der Waals surface area contributed by atoms with Crippen LogP contribution in [0, 0.1) is 0 Å². The maximum atomic E-state index is 12.1. The van der Waals surface area contributed by atoms with Gasteiger partial charge in [-0.25, -0.2) is 0 Å². The highest BCUT2D eigenvalue weighted by Gasteiger charge is 2.14. The third-order valence-electron chi connectivity index (χ3n) is 2.45. The Bertz CT molecular complexity index is 364. The number of ether oxygens (including phenoxy) is 1. The van der Waals surface area contributed by atoms with Crippen LogP contribution in [0.15, 0.2) is 24.3 Å². The minimum Gasteiger partial charge on any atom is -0.493 e. The zero-order valence-corrected chi connectivity index (χ0v) is 11.8. The molecular weight excluding hydrogens is 282 g/mol. The Kier molecular flexibility index (Phi) is 6.05. The summed E-state index contributed by atoms with van der Waals surface area (Å²) in [5, 5.41) is 3.72. The third kappa shape index (κ3) is 4.04. The molecule has 1 N–H and O–H groups in total. The highest BCUT2D eigenvalue weighted by molar-refractivity contribution is 9.09. The van der Waals surface area contributed by atoms with Gasteiger partial charge in [0.15, 0.2) is 0 Å². The van der Waals surface area contributed by atoms with Gasteiger partial charge in [-0.3, -0.25) is 4.79 Å². The van der Waals surface area contributed by atoms with Crippen molar-refractivity contribution in [2.75, 3.05) is 11.9 Å².